The van der Waals surface area contributed by atoms with E-state index < -0.39 is 0 Å². The van der Waals surface area contributed by atoms with Crippen molar-refractivity contribution in [1.29, 1.82) is 0 Å². The Labute approximate surface area is 165 Å². The summed E-state index contributed by atoms with van der Waals surface area (Å²) in [5.41, 5.74) is 6.98. The Morgan fingerprint density at radius 2 is 1.70 bits per heavy atom. The zero-order chi connectivity index (χ0) is 18.6. The number of oxime groups is 1. The van der Waals surface area contributed by atoms with Crippen LogP contribution in [0.5, 0.6) is 0 Å². The Morgan fingerprint density at radius 1 is 0.963 bits per heavy atom. The van der Waals surface area contributed by atoms with Crippen LogP contribution in [-0.2, 0) is 11.4 Å². The first-order valence-corrected chi connectivity index (χ1v) is 9.70. The van der Waals surface area contributed by atoms with Gasteiger partial charge in [-0.05, 0) is 59.7 Å². The van der Waals surface area contributed by atoms with E-state index in [1.165, 1.54) is 29.5 Å². The molecule has 0 amide bonds. The maximum Gasteiger partial charge on any atom is 0.142 e. The third kappa shape index (κ3) is 4.23. The number of rotatable bonds is 6. The van der Waals surface area contributed by atoms with Crippen LogP contribution >= 0.6 is 11.6 Å². The molecule has 0 bridgehead atoms. The minimum absolute atomic E-state index is 0.469. The molecule has 136 valence electrons. The minimum Gasteiger partial charge on any atom is -0.391 e. The highest BCUT2D eigenvalue weighted by Crippen LogP contribution is 2.34. The lowest BCUT2D eigenvalue weighted by Crippen LogP contribution is -2.05. The average Bonchev–Trinajstić information content (AvgIpc) is 3.53. The monoisotopic (exact) mass is 375 g/mol. The molecular formula is C24H22ClNO. The quantitative estimate of drug-likeness (QED) is 0.349. The largest absolute Gasteiger partial charge is 0.391 e. The Hall–Kier alpha value is -2.58. The number of hydrogen-bond acceptors (Lipinski definition) is 2. The molecule has 1 aliphatic carbocycles. The minimum atomic E-state index is 0.469. The van der Waals surface area contributed by atoms with E-state index in [4.69, 9.17) is 16.4 Å². The molecule has 0 radical (unpaired) electrons. The normalized spacial score (nSPS) is 14.2. The van der Waals surface area contributed by atoms with Crippen molar-refractivity contribution >= 4 is 17.3 Å². The Bertz CT molecular complexity index is 944. The average molecular weight is 376 g/mol. The fourth-order valence-electron chi connectivity index (χ4n) is 3.28. The lowest BCUT2D eigenvalue weighted by atomic mass is 9.97. The highest BCUT2D eigenvalue weighted by atomic mass is 35.5. The summed E-state index contributed by atoms with van der Waals surface area (Å²) in [7, 11) is 0. The summed E-state index contributed by atoms with van der Waals surface area (Å²) < 4.78 is 0. The molecule has 27 heavy (non-hydrogen) atoms. The molecule has 0 N–H and O–H groups in total. The summed E-state index contributed by atoms with van der Waals surface area (Å²) >= 11 is 6.01. The number of nitrogens with zero attached hydrogens (tertiary/aromatic N) is 1. The van der Waals surface area contributed by atoms with E-state index in [-0.39, 0.29) is 0 Å². The second kappa shape index (κ2) is 7.98. The maximum atomic E-state index is 6.01. The second-order valence-corrected chi connectivity index (χ2v) is 7.42. The lowest BCUT2D eigenvalue weighted by Gasteiger charge is -2.12. The van der Waals surface area contributed by atoms with Gasteiger partial charge in [0.2, 0.25) is 0 Å². The molecule has 0 aliphatic heterocycles. The van der Waals surface area contributed by atoms with Crippen molar-refractivity contribution in [3.63, 3.8) is 0 Å². The summed E-state index contributed by atoms with van der Waals surface area (Å²) in [6, 6.07) is 24.6. The SMILES string of the molecule is Cc1c(CO/N=C(/c2ccc(Cl)cc2)C2CC2)cccc1-c1ccccc1. The van der Waals surface area contributed by atoms with Gasteiger partial charge in [-0.3, -0.25) is 0 Å². The Balaban J connectivity index is 1.53. The summed E-state index contributed by atoms with van der Waals surface area (Å²) in [6.07, 6.45) is 2.35. The van der Waals surface area contributed by atoms with Crippen LogP contribution in [0.25, 0.3) is 11.1 Å². The predicted molar refractivity (Wildman–Crippen MR) is 112 cm³/mol. The van der Waals surface area contributed by atoms with Crippen molar-refractivity contribution < 1.29 is 4.84 Å². The predicted octanol–water partition coefficient (Wildman–Crippen LogP) is 6.65. The molecule has 0 heterocycles. The van der Waals surface area contributed by atoms with E-state index in [0.717, 1.165) is 21.9 Å². The Kier molecular flexibility index (Phi) is 5.26. The van der Waals surface area contributed by atoms with Crippen LogP contribution in [0.2, 0.25) is 5.02 Å². The van der Waals surface area contributed by atoms with Crippen molar-refractivity contribution in [3.05, 3.63) is 94.5 Å². The molecule has 3 aromatic rings. The van der Waals surface area contributed by atoms with Gasteiger partial charge in [-0.2, -0.15) is 0 Å². The molecule has 0 atom stereocenters. The van der Waals surface area contributed by atoms with Crippen LogP contribution in [0.4, 0.5) is 0 Å². The van der Waals surface area contributed by atoms with Gasteiger partial charge in [0.1, 0.15) is 6.61 Å². The lowest BCUT2D eigenvalue weighted by molar-refractivity contribution is 0.129. The molecule has 2 nitrogen and oxygen atoms in total. The van der Waals surface area contributed by atoms with E-state index in [1.807, 2.05) is 30.3 Å². The van der Waals surface area contributed by atoms with Gasteiger partial charge in [-0.25, -0.2) is 0 Å². The molecule has 1 fully saturated rings. The van der Waals surface area contributed by atoms with E-state index in [1.54, 1.807) is 0 Å². The second-order valence-electron chi connectivity index (χ2n) is 6.99. The van der Waals surface area contributed by atoms with E-state index in [2.05, 4.69) is 54.5 Å². The van der Waals surface area contributed by atoms with Crippen molar-refractivity contribution in [2.75, 3.05) is 0 Å². The van der Waals surface area contributed by atoms with Crippen LogP contribution < -0.4 is 0 Å². The van der Waals surface area contributed by atoms with Crippen LogP contribution in [0.15, 0.2) is 78.0 Å². The molecule has 0 unspecified atom stereocenters. The summed E-state index contributed by atoms with van der Waals surface area (Å²) in [6.45, 7) is 2.61. The number of benzene rings is 3. The smallest absolute Gasteiger partial charge is 0.142 e. The van der Waals surface area contributed by atoms with Crippen LogP contribution in [0.1, 0.15) is 29.5 Å². The summed E-state index contributed by atoms with van der Waals surface area (Å²) in [5.74, 6) is 0.503. The zero-order valence-corrected chi connectivity index (χ0v) is 16.1. The summed E-state index contributed by atoms with van der Waals surface area (Å²) in [5, 5.41) is 5.24. The van der Waals surface area contributed by atoms with E-state index in [9.17, 15) is 0 Å². The van der Waals surface area contributed by atoms with Crippen LogP contribution in [0, 0.1) is 12.8 Å². The maximum absolute atomic E-state index is 6.01. The number of hydrogen-bond donors (Lipinski definition) is 0. The summed E-state index contributed by atoms with van der Waals surface area (Å²) in [4.78, 5) is 5.79. The van der Waals surface area contributed by atoms with Gasteiger partial charge in [0.25, 0.3) is 0 Å². The molecule has 1 aliphatic rings. The molecule has 0 aromatic heterocycles. The van der Waals surface area contributed by atoms with Gasteiger partial charge >= 0.3 is 0 Å². The highest BCUT2D eigenvalue weighted by Gasteiger charge is 2.29. The van der Waals surface area contributed by atoms with Crippen molar-refractivity contribution in [2.45, 2.75) is 26.4 Å². The van der Waals surface area contributed by atoms with Gasteiger partial charge in [-0.1, -0.05) is 77.4 Å². The topological polar surface area (TPSA) is 21.6 Å². The van der Waals surface area contributed by atoms with Crippen molar-refractivity contribution in [1.82, 2.24) is 0 Å². The number of halogens is 1. The van der Waals surface area contributed by atoms with Crippen molar-refractivity contribution in [2.24, 2.45) is 11.1 Å². The van der Waals surface area contributed by atoms with Gasteiger partial charge in [0.05, 0.1) is 5.71 Å². The Morgan fingerprint density at radius 3 is 2.41 bits per heavy atom. The van der Waals surface area contributed by atoms with Gasteiger partial charge in [0, 0.05) is 10.9 Å². The standard InChI is InChI=1S/C24H22ClNO/c1-17-21(8-5-9-23(17)18-6-3-2-4-7-18)16-27-26-24(19-10-11-19)20-12-14-22(25)15-13-20/h2-9,12-15,19H,10-11,16H2,1H3/b26-24+. The van der Waals surface area contributed by atoms with Gasteiger partial charge < -0.3 is 4.84 Å². The fourth-order valence-corrected chi connectivity index (χ4v) is 3.41. The molecule has 0 spiro atoms. The van der Waals surface area contributed by atoms with E-state index >= 15 is 0 Å². The third-order valence-corrected chi connectivity index (χ3v) is 5.27. The third-order valence-electron chi connectivity index (χ3n) is 5.02. The molecule has 3 heteroatoms. The first-order chi connectivity index (χ1) is 13.2. The van der Waals surface area contributed by atoms with Gasteiger partial charge in [0.15, 0.2) is 0 Å². The molecule has 3 aromatic carbocycles. The molecule has 4 rings (SSSR count). The first-order valence-electron chi connectivity index (χ1n) is 9.32. The molecular weight excluding hydrogens is 354 g/mol. The van der Waals surface area contributed by atoms with Crippen LogP contribution in [0.3, 0.4) is 0 Å². The first kappa shape index (κ1) is 17.8. The van der Waals surface area contributed by atoms with Gasteiger partial charge in [-0.15, -0.1) is 0 Å². The fraction of sp³-hybridized carbons (Fsp3) is 0.208. The van der Waals surface area contributed by atoms with Crippen LogP contribution in [-0.4, -0.2) is 5.71 Å². The van der Waals surface area contributed by atoms with Crippen molar-refractivity contribution in [3.8, 4) is 11.1 Å². The molecule has 0 saturated heterocycles. The molecule has 1 saturated carbocycles. The highest BCUT2D eigenvalue weighted by molar-refractivity contribution is 6.30. The zero-order valence-electron chi connectivity index (χ0n) is 15.4. The van der Waals surface area contributed by atoms with E-state index in [0.29, 0.717) is 12.5 Å².